The molecule has 0 spiro atoms. The van der Waals surface area contributed by atoms with Gasteiger partial charge in [-0.3, -0.25) is 0 Å². The minimum Gasteiger partial charge on any atom is -0.377 e. The maximum Gasteiger partial charge on any atom is 0.500 e. The first-order chi connectivity index (χ1) is 13.2. The predicted octanol–water partition coefficient (Wildman–Crippen LogP) is 8.19. The second-order valence-electron chi connectivity index (χ2n) is 4.66. The molecule has 0 aliphatic carbocycles. The van der Waals surface area contributed by atoms with Crippen LogP contribution in [-0.4, -0.2) is 40.9 Å². The Hall–Kier alpha value is 2.01. The van der Waals surface area contributed by atoms with E-state index in [9.17, 15) is 0 Å². The van der Waals surface area contributed by atoms with Gasteiger partial charge >= 0.3 is 8.80 Å². The number of para-hydroxylation sites is 1. The van der Waals surface area contributed by atoms with Gasteiger partial charge in [0.25, 0.3) is 0 Å². The van der Waals surface area contributed by atoms with E-state index in [-0.39, 0.29) is 0 Å². The second kappa shape index (κ2) is 14.9. The molecule has 0 saturated carbocycles. The summed E-state index contributed by atoms with van der Waals surface area (Å²) in [4.78, 5) is 4.62. The smallest absolute Gasteiger partial charge is 0.377 e. The van der Waals surface area contributed by atoms with Crippen molar-refractivity contribution < 1.29 is 13.3 Å². The molecule has 1 heterocycles. The summed E-state index contributed by atoms with van der Waals surface area (Å²) >= 11 is 1.75. The minimum absolute atomic E-state index is 0.853. The number of fused-ring (bicyclic) bond motifs is 1. The van der Waals surface area contributed by atoms with Gasteiger partial charge in [-0.15, -0.1) is 11.3 Å². The molecule has 2 rings (SSSR count). The molecule has 0 saturated heterocycles. The van der Waals surface area contributed by atoms with Crippen molar-refractivity contribution in [2.45, 2.75) is 16.8 Å². The third-order valence-corrected chi connectivity index (χ3v) is 22.6. The first-order valence-corrected chi connectivity index (χ1v) is 20.6. The highest BCUT2D eigenvalue weighted by Crippen LogP contribution is 2.58. The van der Waals surface area contributed by atoms with E-state index in [1.54, 1.807) is 92.6 Å². The average Bonchev–Trinajstić information content (AvgIpc) is 3.12. The fraction of sp³-hybridized carbons (Fsp3) is 0.462. The van der Waals surface area contributed by atoms with E-state index >= 15 is 0 Å². The average molecular weight is 554 g/mol. The molecular formula is C13H19NO3S9Si. The Morgan fingerprint density at radius 2 is 1.59 bits per heavy atom. The van der Waals surface area contributed by atoms with Gasteiger partial charge in [-0.25, -0.2) is 4.98 Å². The summed E-state index contributed by atoms with van der Waals surface area (Å²) in [6.07, 6.45) is 1.03. The second-order valence-corrected chi connectivity index (χ2v) is 22.1. The van der Waals surface area contributed by atoms with Crippen molar-refractivity contribution in [3.63, 3.8) is 0 Å². The Labute approximate surface area is 195 Å². The number of nitrogens with zero attached hydrogens (tertiary/aromatic N) is 1. The van der Waals surface area contributed by atoms with Gasteiger partial charge in [-0.2, -0.15) is 0 Å². The monoisotopic (exact) mass is 553 g/mol. The zero-order chi connectivity index (χ0) is 19.4. The van der Waals surface area contributed by atoms with Crippen LogP contribution in [-0.2, 0) is 13.3 Å². The first-order valence-electron chi connectivity index (χ1n) is 7.53. The molecule has 1 aromatic heterocycles. The molecule has 0 amide bonds. The summed E-state index contributed by atoms with van der Waals surface area (Å²) in [7, 11) is 16.9. The van der Waals surface area contributed by atoms with Crippen LogP contribution in [0.2, 0.25) is 6.04 Å². The van der Waals surface area contributed by atoms with Gasteiger partial charge < -0.3 is 13.3 Å². The maximum absolute atomic E-state index is 5.42. The Morgan fingerprint density at radius 3 is 2.30 bits per heavy atom. The lowest BCUT2D eigenvalue weighted by Crippen LogP contribution is -2.42. The largest absolute Gasteiger partial charge is 0.500 e. The fourth-order valence-corrected chi connectivity index (χ4v) is 22.2. The van der Waals surface area contributed by atoms with E-state index in [0.29, 0.717) is 0 Å². The molecule has 1 aromatic carbocycles. The molecule has 0 radical (unpaired) electrons. The van der Waals surface area contributed by atoms with Crippen molar-refractivity contribution in [2.24, 2.45) is 0 Å². The maximum atomic E-state index is 5.42. The Bertz CT molecular complexity index is 619. The van der Waals surface area contributed by atoms with Crippen LogP contribution < -0.4 is 0 Å². The molecule has 0 aliphatic heterocycles. The van der Waals surface area contributed by atoms with Crippen LogP contribution in [0.5, 0.6) is 0 Å². The highest BCUT2D eigenvalue weighted by molar-refractivity contribution is 9.48. The summed E-state index contributed by atoms with van der Waals surface area (Å²) < 4.78 is 18.6. The van der Waals surface area contributed by atoms with Gasteiger partial charge in [-0.1, -0.05) is 22.9 Å². The van der Waals surface area contributed by atoms with Gasteiger partial charge in [0, 0.05) is 33.1 Å². The third kappa shape index (κ3) is 9.35. The Balaban J connectivity index is 1.43. The molecule has 2 aromatic rings. The zero-order valence-electron chi connectivity index (χ0n) is 14.8. The summed E-state index contributed by atoms with van der Waals surface area (Å²) in [6, 6.07) is 9.12. The lowest BCUT2D eigenvalue weighted by Gasteiger charge is -2.23. The van der Waals surface area contributed by atoms with Crippen LogP contribution in [0.25, 0.3) is 10.2 Å². The van der Waals surface area contributed by atoms with Gasteiger partial charge in [0.15, 0.2) is 4.34 Å². The van der Waals surface area contributed by atoms with Gasteiger partial charge in [0.2, 0.25) is 0 Å². The quantitative estimate of drug-likeness (QED) is 0.121. The molecule has 0 bridgehead atoms. The van der Waals surface area contributed by atoms with Gasteiger partial charge in [0.1, 0.15) is 0 Å². The van der Waals surface area contributed by atoms with Crippen molar-refractivity contribution in [1.82, 2.24) is 4.98 Å². The molecule has 0 aliphatic rings. The standard InChI is InChI=1S/C13H19NO3S9Si/c1-15-27(16-2,17-3)10-6-9-18-21-23-25-26-24-22-20-13-14-11-7-4-5-8-12(11)19-13/h4-5,7-8H,6,9-10H2,1-3H3. The predicted molar refractivity (Wildman–Crippen MR) is 140 cm³/mol. The molecule has 14 heteroatoms. The lowest BCUT2D eigenvalue weighted by molar-refractivity contribution is 0.123. The first kappa shape index (κ1) is 25.3. The van der Waals surface area contributed by atoms with Crippen LogP contribution in [0.4, 0.5) is 0 Å². The topological polar surface area (TPSA) is 40.6 Å². The highest BCUT2D eigenvalue weighted by Gasteiger charge is 2.36. The number of hydrogen-bond donors (Lipinski definition) is 0. The number of thiazole rings is 1. The summed E-state index contributed by atoms with van der Waals surface area (Å²) in [5, 5.41) is 0. The van der Waals surface area contributed by atoms with E-state index in [2.05, 4.69) is 23.2 Å². The van der Waals surface area contributed by atoms with Crippen LogP contribution in [0, 0.1) is 0 Å². The molecular weight excluding hydrogens is 535 g/mol. The number of aromatic nitrogens is 1. The Kier molecular flexibility index (Phi) is 14.0. The fourth-order valence-electron chi connectivity index (χ4n) is 1.93. The Morgan fingerprint density at radius 1 is 0.926 bits per heavy atom. The summed E-state index contributed by atoms with van der Waals surface area (Å²) in [6.45, 7) is 0. The van der Waals surface area contributed by atoms with Crippen LogP contribution in [0.3, 0.4) is 0 Å². The van der Waals surface area contributed by atoms with E-state index in [1.165, 1.54) is 4.70 Å². The number of benzene rings is 1. The van der Waals surface area contributed by atoms with Crippen molar-refractivity contribution in [2.75, 3.05) is 27.1 Å². The van der Waals surface area contributed by atoms with Crippen molar-refractivity contribution in [3.8, 4) is 0 Å². The zero-order valence-corrected chi connectivity index (χ0v) is 23.1. The van der Waals surface area contributed by atoms with Crippen LogP contribution >= 0.6 is 91.9 Å². The summed E-state index contributed by atoms with van der Waals surface area (Å²) in [5.74, 6) is 1.06. The molecule has 0 unspecified atom stereocenters. The molecule has 0 fully saturated rings. The molecule has 4 nitrogen and oxygen atoms in total. The summed E-state index contributed by atoms with van der Waals surface area (Å²) in [5.41, 5.74) is 1.09. The highest BCUT2D eigenvalue weighted by atomic mass is 34.0. The molecule has 152 valence electrons. The number of rotatable bonds is 15. The van der Waals surface area contributed by atoms with Crippen LogP contribution in [0.15, 0.2) is 28.6 Å². The van der Waals surface area contributed by atoms with Gasteiger partial charge in [0.05, 0.1) is 10.2 Å². The molecule has 27 heavy (non-hydrogen) atoms. The van der Waals surface area contributed by atoms with Crippen molar-refractivity contribution >= 4 is 111 Å². The number of hydrogen-bond acceptors (Lipinski definition) is 13. The van der Waals surface area contributed by atoms with E-state index in [0.717, 1.165) is 28.1 Å². The van der Waals surface area contributed by atoms with Gasteiger partial charge in [-0.05, 0) is 88.3 Å². The van der Waals surface area contributed by atoms with Crippen molar-refractivity contribution in [1.29, 1.82) is 0 Å². The minimum atomic E-state index is -2.40. The van der Waals surface area contributed by atoms with E-state index < -0.39 is 8.80 Å². The van der Waals surface area contributed by atoms with Crippen LogP contribution in [0.1, 0.15) is 6.42 Å². The normalized spacial score (nSPS) is 12.1. The van der Waals surface area contributed by atoms with E-state index in [1.807, 2.05) is 26.7 Å². The molecule has 0 atom stereocenters. The third-order valence-electron chi connectivity index (χ3n) is 3.21. The van der Waals surface area contributed by atoms with Crippen molar-refractivity contribution in [3.05, 3.63) is 24.3 Å². The molecule has 0 N–H and O–H groups in total. The lowest BCUT2D eigenvalue weighted by atomic mass is 10.3. The van der Waals surface area contributed by atoms with E-state index in [4.69, 9.17) is 13.3 Å². The SMILES string of the molecule is CO[Si](CCCSSSSSSSSc1nc2ccccc2s1)(OC)OC.